The van der Waals surface area contributed by atoms with E-state index in [1.54, 1.807) is 13.8 Å². The van der Waals surface area contributed by atoms with E-state index >= 15 is 0 Å². The lowest BCUT2D eigenvalue weighted by Gasteiger charge is -2.03. The van der Waals surface area contributed by atoms with E-state index in [2.05, 4.69) is 27.1 Å². The summed E-state index contributed by atoms with van der Waals surface area (Å²) in [7, 11) is 0. The van der Waals surface area contributed by atoms with Gasteiger partial charge in [0.05, 0.1) is 6.54 Å². The molecule has 1 aromatic heterocycles. The summed E-state index contributed by atoms with van der Waals surface area (Å²) in [6, 6.07) is 1.38. The highest BCUT2D eigenvalue weighted by Crippen LogP contribution is 2.05. The molecule has 0 radical (unpaired) electrons. The Labute approximate surface area is 87.6 Å². The minimum Gasteiger partial charge on any atom is -0.477 e. The average molecular weight is 205 g/mol. The van der Waals surface area contributed by atoms with Crippen molar-refractivity contribution in [2.45, 2.75) is 13.8 Å². The van der Waals surface area contributed by atoms with Crippen LogP contribution < -0.4 is 5.32 Å². The first-order valence-electron chi connectivity index (χ1n) is 4.36. The van der Waals surface area contributed by atoms with Crippen molar-refractivity contribution in [1.82, 2.24) is 9.97 Å². The van der Waals surface area contributed by atoms with Crippen molar-refractivity contribution in [1.29, 1.82) is 0 Å². The lowest BCUT2D eigenvalue weighted by atomic mass is 10.4. The van der Waals surface area contributed by atoms with Crippen LogP contribution in [0, 0.1) is 18.8 Å². The van der Waals surface area contributed by atoms with Crippen LogP contribution in [0.2, 0.25) is 0 Å². The zero-order valence-corrected chi connectivity index (χ0v) is 8.53. The van der Waals surface area contributed by atoms with Gasteiger partial charge in [0.1, 0.15) is 11.6 Å². The number of nitrogens with zero attached hydrogens (tertiary/aromatic N) is 2. The molecule has 1 heterocycles. The zero-order chi connectivity index (χ0) is 11.3. The smallest absolute Gasteiger partial charge is 0.354 e. The molecule has 1 aromatic rings. The largest absolute Gasteiger partial charge is 0.477 e. The number of rotatable bonds is 3. The number of aryl methyl sites for hydroxylation is 1. The Hall–Kier alpha value is -2.09. The number of carboxylic acid groups (broad SMARTS) is 1. The number of carbonyl (C=O) groups is 1. The Morgan fingerprint density at radius 1 is 1.60 bits per heavy atom. The van der Waals surface area contributed by atoms with Gasteiger partial charge in [-0.15, -0.1) is 5.92 Å². The number of hydrogen-bond donors (Lipinski definition) is 2. The molecule has 0 aliphatic rings. The van der Waals surface area contributed by atoms with E-state index in [0.717, 1.165) is 0 Å². The second-order valence-corrected chi connectivity index (χ2v) is 2.77. The molecule has 0 unspecified atom stereocenters. The average Bonchev–Trinajstić information content (AvgIpc) is 2.17. The maximum absolute atomic E-state index is 10.7. The van der Waals surface area contributed by atoms with Crippen molar-refractivity contribution in [3.05, 3.63) is 17.6 Å². The van der Waals surface area contributed by atoms with E-state index in [9.17, 15) is 4.79 Å². The van der Waals surface area contributed by atoms with Crippen LogP contribution in [-0.2, 0) is 0 Å². The summed E-state index contributed by atoms with van der Waals surface area (Å²) in [4.78, 5) is 18.5. The van der Waals surface area contributed by atoms with Crippen molar-refractivity contribution < 1.29 is 9.90 Å². The molecule has 15 heavy (non-hydrogen) atoms. The fourth-order valence-electron chi connectivity index (χ4n) is 0.991. The van der Waals surface area contributed by atoms with Gasteiger partial charge in [-0.1, -0.05) is 5.92 Å². The molecular formula is C10H11N3O2. The van der Waals surface area contributed by atoms with Crippen LogP contribution >= 0.6 is 0 Å². The number of aromatic nitrogens is 2. The molecule has 0 bridgehead atoms. The molecule has 0 atom stereocenters. The molecule has 0 aromatic carbocycles. The zero-order valence-electron chi connectivity index (χ0n) is 8.53. The third-order valence-corrected chi connectivity index (χ3v) is 1.59. The van der Waals surface area contributed by atoms with Crippen molar-refractivity contribution >= 4 is 11.8 Å². The first-order chi connectivity index (χ1) is 7.13. The Balaban J connectivity index is 2.87. The minimum atomic E-state index is -1.06. The van der Waals surface area contributed by atoms with Crippen LogP contribution in [0.3, 0.4) is 0 Å². The maximum Gasteiger partial charge on any atom is 0.354 e. The van der Waals surface area contributed by atoms with Gasteiger partial charge >= 0.3 is 5.97 Å². The van der Waals surface area contributed by atoms with E-state index in [0.29, 0.717) is 18.2 Å². The molecule has 0 aliphatic heterocycles. The topological polar surface area (TPSA) is 75.1 Å². The van der Waals surface area contributed by atoms with Crippen molar-refractivity contribution in [3.63, 3.8) is 0 Å². The quantitative estimate of drug-likeness (QED) is 0.717. The monoisotopic (exact) mass is 205 g/mol. The van der Waals surface area contributed by atoms with Gasteiger partial charge in [0, 0.05) is 6.07 Å². The lowest BCUT2D eigenvalue weighted by molar-refractivity contribution is 0.0690. The second kappa shape index (κ2) is 4.96. The second-order valence-electron chi connectivity index (χ2n) is 2.77. The summed E-state index contributed by atoms with van der Waals surface area (Å²) >= 11 is 0. The first-order valence-corrected chi connectivity index (χ1v) is 4.36. The third kappa shape index (κ3) is 3.27. The van der Waals surface area contributed by atoms with Gasteiger partial charge in [0.2, 0.25) is 0 Å². The van der Waals surface area contributed by atoms with Gasteiger partial charge in [-0.25, -0.2) is 14.8 Å². The standard InChI is InChI=1S/C10H11N3O2/c1-3-4-5-11-9-6-8(10(14)15)12-7(2)13-9/h6H,5H2,1-2H3,(H,14,15)(H,11,12,13). The molecule has 78 valence electrons. The normalized spacial score (nSPS) is 8.93. The molecule has 2 N–H and O–H groups in total. The minimum absolute atomic E-state index is 0.0190. The molecule has 0 amide bonds. The Morgan fingerprint density at radius 2 is 2.33 bits per heavy atom. The highest BCUT2D eigenvalue weighted by Gasteiger charge is 2.07. The van der Waals surface area contributed by atoms with Crippen molar-refractivity contribution in [2.75, 3.05) is 11.9 Å². The molecule has 5 nitrogen and oxygen atoms in total. The van der Waals surface area contributed by atoms with Crippen LogP contribution in [-0.4, -0.2) is 27.6 Å². The summed E-state index contributed by atoms with van der Waals surface area (Å²) in [6.45, 7) is 3.81. The van der Waals surface area contributed by atoms with E-state index in [1.165, 1.54) is 6.07 Å². The van der Waals surface area contributed by atoms with Gasteiger partial charge < -0.3 is 10.4 Å². The highest BCUT2D eigenvalue weighted by molar-refractivity contribution is 5.86. The summed E-state index contributed by atoms with van der Waals surface area (Å²) in [5.74, 6) is 5.34. The predicted molar refractivity (Wildman–Crippen MR) is 55.7 cm³/mol. The van der Waals surface area contributed by atoms with Gasteiger partial charge in [0.25, 0.3) is 0 Å². The van der Waals surface area contributed by atoms with E-state index in [4.69, 9.17) is 5.11 Å². The van der Waals surface area contributed by atoms with E-state index < -0.39 is 5.97 Å². The first kappa shape index (κ1) is 11.0. The lowest BCUT2D eigenvalue weighted by Crippen LogP contribution is -2.08. The van der Waals surface area contributed by atoms with Crippen LogP contribution in [0.25, 0.3) is 0 Å². The van der Waals surface area contributed by atoms with Crippen LogP contribution in [0.15, 0.2) is 6.07 Å². The highest BCUT2D eigenvalue weighted by atomic mass is 16.4. The molecular weight excluding hydrogens is 194 g/mol. The Bertz CT molecular complexity index is 432. The summed E-state index contributed by atoms with van der Waals surface area (Å²) in [5.41, 5.74) is -0.0190. The molecule has 0 saturated carbocycles. The number of nitrogens with one attached hydrogen (secondary N) is 1. The molecule has 1 rings (SSSR count). The predicted octanol–water partition coefficient (Wildman–Crippen LogP) is 0.918. The molecule has 0 fully saturated rings. The Kier molecular flexibility index (Phi) is 3.63. The van der Waals surface area contributed by atoms with Crippen LogP contribution in [0.4, 0.5) is 5.82 Å². The molecule has 0 spiro atoms. The summed E-state index contributed by atoms with van der Waals surface area (Å²) < 4.78 is 0. The maximum atomic E-state index is 10.7. The molecule has 0 saturated heterocycles. The van der Waals surface area contributed by atoms with Gasteiger partial charge in [-0.2, -0.15) is 0 Å². The van der Waals surface area contributed by atoms with Crippen molar-refractivity contribution in [2.24, 2.45) is 0 Å². The number of carboxylic acids is 1. The van der Waals surface area contributed by atoms with Crippen molar-refractivity contribution in [3.8, 4) is 11.8 Å². The Morgan fingerprint density at radius 3 is 2.93 bits per heavy atom. The van der Waals surface area contributed by atoms with E-state index in [-0.39, 0.29) is 5.69 Å². The van der Waals surface area contributed by atoms with Gasteiger partial charge in [-0.3, -0.25) is 0 Å². The van der Waals surface area contributed by atoms with Crippen LogP contribution in [0.5, 0.6) is 0 Å². The fourth-order valence-corrected chi connectivity index (χ4v) is 0.991. The molecule has 5 heteroatoms. The van der Waals surface area contributed by atoms with Gasteiger partial charge in [-0.05, 0) is 13.8 Å². The van der Waals surface area contributed by atoms with Gasteiger partial charge in [0.15, 0.2) is 5.69 Å². The fraction of sp³-hybridized carbons (Fsp3) is 0.300. The van der Waals surface area contributed by atoms with Crippen LogP contribution in [0.1, 0.15) is 23.2 Å². The number of hydrogen-bond acceptors (Lipinski definition) is 4. The summed E-state index contributed by atoms with van der Waals surface area (Å²) in [6.07, 6.45) is 0. The molecule has 0 aliphatic carbocycles. The number of aromatic carboxylic acids is 1. The SMILES string of the molecule is CC#CCNc1cc(C(=O)O)nc(C)n1. The number of anilines is 1. The third-order valence-electron chi connectivity index (χ3n) is 1.59. The van der Waals surface area contributed by atoms with E-state index in [1.807, 2.05) is 0 Å². The summed E-state index contributed by atoms with van der Waals surface area (Å²) in [5, 5.41) is 11.7.